The summed E-state index contributed by atoms with van der Waals surface area (Å²) in [7, 11) is 1.30. The zero-order chi connectivity index (χ0) is 15.8. The van der Waals surface area contributed by atoms with Crippen LogP contribution in [0.3, 0.4) is 0 Å². The molecule has 1 heterocycles. The van der Waals surface area contributed by atoms with Crippen LogP contribution < -0.4 is 0 Å². The molecular formula is C12H18N4O5. The molecule has 0 aliphatic rings. The minimum absolute atomic E-state index is 0.127. The molecule has 0 aliphatic carbocycles. The summed E-state index contributed by atoms with van der Waals surface area (Å²) >= 11 is 0. The molecule has 21 heavy (non-hydrogen) atoms. The summed E-state index contributed by atoms with van der Waals surface area (Å²) in [6, 6.07) is 0. The van der Waals surface area contributed by atoms with Gasteiger partial charge in [-0.3, -0.25) is 9.59 Å². The number of methoxy groups -OCH3 is 1. The highest BCUT2D eigenvalue weighted by Crippen LogP contribution is 2.07. The Hall–Kier alpha value is -2.45. The Labute approximate surface area is 121 Å². The Balaban J connectivity index is 2.46. The quantitative estimate of drug-likeness (QED) is 0.395. The number of aryl methyl sites for hydroxylation is 1. The molecule has 1 aromatic rings. The lowest BCUT2D eigenvalue weighted by molar-refractivity contribution is -0.389. The summed E-state index contributed by atoms with van der Waals surface area (Å²) < 4.78 is 6.02. The van der Waals surface area contributed by atoms with E-state index in [1.165, 1.54) is 24.2 Å². The van der Waals surface area contributed by atoms with Gasteiger partial charge in [0, 0.05) is 26.1 Å². The maximum absolute atomic E-state index is 12.0. The van der Waals surface area contributed by atoms with Gasteiger partial charge >= 0.3 is 11.8 Å². The molecule has 9 nitrogen and oxygen atoms in total. The van der Waals surface area contributed by atoms with Crippen molar-refractivity contribution in [2.45, 2.75) is 26.3 Å². The first-order valence-corrected chi connectivity index (χ1v) is 6.48. The van der Waals surface area contributed by atoms with Crippen LogP contribution >= 0.6 is 0 Å². The number of amides is 1. The van der Waals surface area contributed by atoms with Gasteiger partial charge in [-0.15, -0.1) is 0 Å². The van der Waals surface area contributed by atoms with Gasteiger partial charge in [0.1, 0.15) is 6.20 Å². The molecule has 0 fully saturated rings. The van der Waals surface area contributed by atoms with E-state index in [2.05, 4.69) is 9.72 Å². The largest absolute Gasteiger partial charge is 0.469 e. The minimum Gasteiger partial charge on any atom is -0.469 e. The number of carbonyl (C=O) groups is 2. The standard InChI is InChI=1S/C12H18N4O5/c1-3-15(7-5-12(18)21-2)11(17)4-6-14-8-10(13-9-14)16(19)20/h8-9H,3-7H2,1-2H3. The van der Waals surface area contributed by atoms with Crippen LogP contribution in [0.5, 0.6) is 0 Å². The molecular weight excluding hydrogens is 280 g/mol. The van der Waals surface area contributed by atoms with Crippen LogP contribution in [0.25, 0.3) is 0 Å². The van der Waals surface area contributed by atoms with Crippen LogP contribution in [-0.2, 0) is 20.9 Å². The maximum atomic E-state index is 12.0. The summed E-state index contributed by atoms with van der Waals surface area (Å²) in [5, 5.41) is 10.5. The second kappa shape index (κ2) is 7.98. The summed E-state index contributed by atoms with van der Waals surface area (Å²) in [6.45, 7) is 2.90. The number of ether oxygens (including phenoxy) is 1. The molecule has 0 bridgehead atoms. The first kappa shape index (κ1) is 16.6. The molecule has 0 radical (unpaired) electrons. The van der Waals surface area contributed by atoms with Crippen molar-refractivity contribution in [3.8, 4) is 0 Å². The van der Waals surface area contributed by atoms with Gasteiger partial charge in [-0.1, -0.05) is 0 Å². The molecule has 0 saturated carbocycles. The monoisotopic (exact) mass is 298 g/mol. The molecule has 0 N–H and O–H groups in total. The van der Waals surface area contributed by atoms with E-state index >= 15 is 0 Å². The first-order valence-electron chi connectivity index (χ1n) is 6.48. The van der Waals surface area contributed by atoms with Crippen molar-refractivity contribution in [2.75, 3.05) is 20.2 Å². The fraction of sp³-hybridized carbons (Fsp3) is 0.583. The molecule has 0 atom stereocenters. The van der Waals surface area contributed by atoms with Crippen LogP contribution in [0.15, 0.2) is 12.5 Å². The molecule has 0 spiro atoms. The molecule has 1 rings (SSSR count). The Bertz CT molecular complexity index is 514. The number of hydrogen-bond acceptors (Lipinski definition) is 6. The Morgan fingerprint density at radius 3 is 2.71 bits per heavy atom. The van der Waals surface area contributed by atoms with Gasteiger partial charge in [0.15, 0.2) is 0 Å². The highest BCUT2D eigenvalue weighted by molar-refractivity contribution is 5.77. The average molecular weight is 298 g/mol. The number of carbonyl (C=O) groups excluding carboxylic acids is 2. The van der Waals surface area contributed by atoms with Crippen LogP contribution in [0.2, 0.25) is 0 Å². The van der Waals surface area contributed by atoms with E-state index < -0.39 is 4.92 Å². The van der Waals surface area contributed by atoms with E-state index in [9.17, 15) is 19.7 Å². The number of imidazole rings is 1. The summed E-state index contributed by atoms with van der Waals surface area (Å²) in [5.74, 6) is -0.746. The highest BCUT2D eigenvalue weighted by atomic mass is 16.6. The van der Waals surface area contributed by atoms with Crippen LogP contribution in [0, 0.1) is 10.1 Å². The summed E-state index contributed by atoms with van der Waals surface area (Å²) in [5.41, 5.74) is 0. The van der Waals surface area contributed by atoms with Crippen LogP contribution in [0.4, 0.5) is 5.82 Å². The second-order valence-electron chi connectivity index (χ2n) is 4.28. The van der Waals surface area contributed by atoms with Gasteiger partial charge in [0.2, 0.25) is 12.2 Å². The first-order chi connectivity index (χ1) is 9.97. The fourth-order valence-electron chi connectivity index (χ4n) is 1.74. The zero-order valence-electron chi connectivity index (χ0n) is 12.0. The van der Waals surface area contributed by atoms with E-state index in [1.807, 2.05) is 6.92 Å². The predicted octanol–water partition coefficient (Wildman–Crippen LogP) is 0.593. The predicted molar refractivity (Wildman–Crippen MR) is 72.4 cm³/mol. The minimum atomic E-state index is -0.590. The summed E-state index contributed by atoms with van der Waals surface area (Å²) in [6.07, 6.45) is 2.92. The van der Waals surface area contributed by atoms with E-state index in [1.54, 1.807) is 4.90 Å². The van der Waals surface area contributed by atoms with Gasteiger partial charge in [0.25, 0.3) is 0 Å². The fourth-order valence-corrected chi connectivity index (χ4v) is 1.74. The second-order valence-corrected chi connectivity index (χ2v) is 4.28. The normalized spacial score (nSPS) is 10.2. The molecule has 116 valence electrons. The molecule has 9 heteroatoms. The third-order valence-electron chi connectivity index (χ3n) is 2.94. The molecule has 1 aromatic heterocycles. The molecule has 0 aromatic carbocycles. The molecule has 0 saturated heterocycles. The van der Waals surface area contributed by atoms with E-state index in [4.69, 9.17) is 0 Å². The molecule has 0 aliphatic heterocycles. The maximum Gasteiger partial charge on any atom is 0.381 e. The SMILES string of the molecule is CCN(CCC(=O)OC)C(=O)CCn1cnc([N+](=O)[O-])c1. The Kier molecular flexibility index (Phi) is 6.31. The van der Waals surface area contributed by atoms with Crippen molar-refractivity contribution in [2.24, 2.45) is 0 Å². The number of hydrogen-bond donors (Lipinski definition) is 0. The van der Waals surface area contributed by atoms with Crippen molar-refractivity contribution in [3.63, 3.8) is 0 Å². The van der Waals surface area contributed by atoms with Crippen molar-refractivity contribution in [3.05, 3.63) is 22.6 Å². The topological polar surface area (TPSA) is 108 Å². The van der Waals surface area contributed by atoms with Crippen molar-refractivity contribution in [1.82, 2.24) is 14.5 Å². The van der Waals surface area contributed by atoms with Gasteiger partial charge in [0.05, 0.1) is 13.5 Å². The Morgan fingerprint density at radius 2 is 2.19 bits per heavy atom. The van der Waals surface area contributed by atoms with Crippen molar-refractivity contribution >= 4 is 17.7 Å². The smallest absolute Gasteiger partial charge is 0.381 e. The van der Waals surface area contributed by atoms with E-state index in [0.29, 0.717) is 19.6 Å². The van der Waals surface area contributed by atoms with Gasteiger partial charge in [-0.05, 0) is 16.8 Å². The lowest BCUT2D eigenvalue weighted by atomic mass is 10.3. The van der Waals surface area contributed by atoms with E-state index in [0.717, 1.165) is 0 Å². The van der Waals surface area contributed by atoms with Gasteiger partial charge < -0.3 is 24.3 Å². The number of esters is 1. The number of rotatable bonds is 8. The lowest BCUT2D eigenvalue weighted by Gasteiger charge is -2.20. The van der Waals surface area contributed by atoms with Gasteiger partial charge in [-0.25, -0.2) is 0 Å². The summed E-state index contributed by atoms with van der Waals surface area (Å²) in [4.78, 5) is 38.1. The molecule has 1 amide bonds. The highest BCUT2D eigenvalue weighted by Gasteiger charge is 2.15. The van der Waals surface area contributed by atoms with Crippen LogP contribution in [0.1, 0.15) is 19.8 Å². The van der Waals surface area contributed by atoms with Crippen LogP contribution in [-0.4, -0.2) is 51.5 Å². The Morgan fingerprint density at radius 1 is 1.48 bits per heavy atom. The number of nitro groups is 1. The third kappa shape index (κ3) is 5.21. The lowest BCUT2D eigenvalue weighted by Crippen LogP contribution is -2.33. The third-order valence-corrected chi connectivity index (χ3v) is 2.94. The zero-order valence-corrected chi connectivity index (χ0v) is 12.0. The molecule has 0 unspecified atom stereocenters. The van der Waals surface area contributed by atoms with Crippen molar-refractivity contribution < 1.29 is 19.2 Å². The average Bonchev–Trinajstić information content (AvgIpc) is 2.94. The number of nitrogens with zero attached hydrogens (tertiary/aromatic N) is 4. The van der Waals surface area contributed by atoms with E-state index in [-0.39, 0.29) is 30.5 Å². The van der Waals surface area contributed by atoms with Crippen molar-refractivity contribution in [1.29, 1.82) is 0 Å². The number of aromatic nitrogens is 2. The van der Waals surface area contributed by atoms with Gasteiger partial charge in [-0.2, -0.15) is 0 Å².